The molecule has 0 fully saturated rings. The molecule has 0 atom stereocenters. The number of nitrogens with one attached hydrogen (secondary N) is 1. The Morgan fingerprint density at radius 1 is 1.38 bits per heavy atom. The Balaban J connectivity index is 2.26. The molecule has 2 aromatic rings. The molecule has 0 radical (unpaired) electrons. The van der Waals surface area contributed by atoms with Crippen LogP contribution in [-0.2, 0) is 11.3 Å². The predicted molar refractivity (Wildman–Crippen MR) is 89.9 cm³/mol. The van der Waals surface area contributed by atoms with Gasteiger partial charge in [-0.15, -0.1) is 11.3 Å². The highest BCUT2D eigenvalue weighted by Crippen LogP contribution is 2.27. The summed E-state index contributed by atoms with van der Waals surface area (Å²) < 4.78 is 10.6. The Morgan fingerprint density at radius 2 is 2.12 bits per heavy atom. The van der Waals surface area contributed by atoms with Gasteiger partial charge in [0.15, 0.2) is 0 Å². The third kappa shape index (κ3) is 4.53. The fourth-order valence-electron chi connectivity index (χ4n) is 1.91. The molecular weight excluding hydrogens is 332 g/mol. The lowest BCUT2D eigenvalue weighted by Gasteiger charge is -2.15. The van der Waals surface area contributed by atoms with E-state index in [1.165, 1.54) is 29.5 Å². The van der Waals surface area contributed by atoms with Crippen LogP contribution in [0.4, 0.5) is 5.69 Å². The van der Waals surface area contributed by atoms with Gasteiger partial charge in [0.1, 0.15) is 16.5 Å². The van der Waals surface area contributed by atoms with Gasteiger partial charge in [-0.05, 0) is 32.0 Å². The number of rotatable bonds is 7. The standard InChI is InChI=1S/C16H18N2O5S/c1-9(2)23-13-5-4-10(16(20)21)6-11(13)18-15(19)12-8-24-14(17-12)7-22-3/h4-6,8-9H,7H2,1-3H3,(H,18,19)(H,20,21). The summed E-state index contributed by atoms with van der Waals surface area (Å²) in [7, 11) is 1.55. The zero-order chi connectivity index (χ0) is 17.7. The SMILES string of the molecule is COCc1nc(C(=O)Nc2cc(C(=O)O)ccc2OC(C)C)cs1. The zero-order valence-corrected chi connectivity index (χ0v) is 14.3. The molecule has 0 spiro atoms. The largest absolute Gasteiger partial charge is 0.489 e. The summed E-state index contributed by atoms with van der Waals surface area (Å²) >= 11 is 1.31. The first-order valence-corrected chi connectivity index (χ1v) is 8.07. The first-order valence-electron chi connectivity index (χ1n) is 7.19. The minimum Gasteiger partial charge on any atom is -0.489 e. The van der Waals surface area contributed by atoms with E-state index in [4.69, 9.17) is 14.6 Å². The van der Waals surface area contributed by atoms with E-state index in [1.54, 1.807) is 12.5 Å². The molecule has 0 unspecified atom stereocenters. The van der Waals surface area contributed by atoms with Crippen molar-refractivity contribution in [1.29, 1.82) is 0 Å². The second-order valence-electron chi connectivity index (χ2n) is 5.20. The molecular formula is C16H18N2O5S. The topological polar surface area (TPSA) is 97.8 Å². The number of hydrogen-bond acceptors (Lipinski definition) is 6. The van der Waals surface area contributed by atoms with Crippen molar-refractivity contribution in [1.82, 2.24) is 4.98 Å². The first-order chi connectivity index (χ1) is 11.4. The van der Waals surface area contributed by atoms with Crippen molar-refractivity contribution >= 4 is 28.9 Å². The van der Waals surface area contributed by atoms with Crippen LogP contribution in [0.15, 0.2) is 23.6 Å². The van der Waals surface area contributed by atoms with Gasteiger partial charge in [0.25, 0.3) is 5.91 Å². The minimum absolute atomic E-state index is 0.0553. The van der Waals surface area contributed by atoms with Gasteiger partial charge in [0.2, 0.25) is 0 Å². The molecule has 7 nitrogen and oxygen atoms in total. The molecule has 0 aliphatic rings. The fourth-order valence-corrected chi connectivity index (χ4v) is 2.65. The third-order valence-corrected chi connectivity index (χ3v) is 3.71. The summed E-state index contributed by atoms with van der Waals surface area (Å²) in [4.78, 5) is 27.6. The number of carbonyl (C=O) groups is 2. The van der Waals surface area contributed by atoms with Crippen LogP contribution in [0.3, 0.4) is 0 Å². The number of ether oxygens (including phenoxy) is 2. The molecule has 2 rings (SSSR count). The highest BCUT2D eigenvalue weighted by atomic mass is 32.1. The van der Waals surface area contributed by atoms with Crippen LogP contribution in [0.25, 0.3) is 0 Å². The van der Waals surface area contributed by atoms with E-state index in [1.807, 2.05) is 13.8 Å². The van der Waals surface area contributed by atoms with Crippen LogP contribution in [0.1, 0.15) is 39.7 Å². The van der Waals surface area contributed by atoms with E-state index in [0.717, 1.165) is 0 Å². The molecule has 0 saturated carbocycles. The summed E-state index contributed by atoms with van der Waals surface area (Å²) in [6.45, 7) is 4.01. The van der Waals surface area contributed by atoms with Crippen molar-refractivity contribution in [2.45, 2.75) is 26.6 Å². The fraction of sp³-hybridized carbons (Fsp3) is 0.312. The number of methoxy groups -OCH3 is 1. The van der Waals surface area contributed by atoms with E-state index in [2.05, 4.69) is 10.3 Å². The zero-order valence-electron chi connectivity index (χ0n) is 13.5. The predicted octanol–water partition coefficient (Wildman–Crippen LogP) is 3.03. The Morgan fingerprint density at radius 3 is 2.75 bits per heavy atom. The van der Waals surface area contributed by atoms with Gasteiger partial charge in [0.05, 0.1) is 24.0 Å². The molecule has 1 aromatic heterocycles. The number of aromatic nitrogens is 1. The van der Waals surface area contributed by atoms with Gasteiger partial charge in [-0.3, -0.25) is 4.79 Å². The summed E-state index contributed by atoms with van der Waals surface area (Å²) in [5, 5.41) is 14.1. The molecule has 1 amide bonds. The maximum absolute atomic E-state index is 12.3. The van der Waals surface area contributed by atoms with E-state index >= 15 is 0 Å². The number of thiazole rings is 1. The average molecular weight is 350 g/mol. The Labute approximate surface area is 143 Å². The van der Waals surface area contributed by atoms with Crippen molar-refractivity contribution in [3.05, 3.63) is 39.8 Å². The molecule has 24 heavy (non-hydrogen) atoms. The van der Waals surface area contributed by atoms with Crippen molar-refractivity contribution in [3.63, 3.8) is 0 Å². The third-order valence-electron chi connectivity index (χ3n) is 2.89. The average Bonchev–Trinajstić information content (AvgIpc) is 2.97. The Kier molecular flexibility index (Phi) is 5.88. The van der Waals surface area contributed by atoms with E-state index < -0.39 is 11.9 Å². The summed E-state index contributed by atoms with van der Waals surface area (Å²) in [6, 6.07) is 4.31. The number of nitrogens with zero attached hydrogens (tertiary/aromatic N) is 1. The molecule has 0 bridgehead atoms. The molecule has 128 valence electrons. The monoisotopic (exact) mass is 350 g/mol. The highest BCUT2D eigenvalue weighted by Gasteiger charge is 2.16. The van der Waals surface area contributed by atoms with Gasteiger partial charge in [-0.1, -0.05) is 0 Å². The van der Waals surface area contributed by atoms with Crippen molar-refractivity contribution in [2.75, 3.05) is 12.4 Å². The molecule has 0 saturated heterocycles. The van der Waals surface area contributed by atoms with Gasteiger partial charge in [0, 0.05) is 12.5 Å². The van der Waals surface area contributed by atoms with Crippen LogP contribution in [0.5, 0.6) is 5.75 Å². The number of aromatic carboxylic acids is 1. The van der Waals surface area contributed by atoms with Crippen LogP contribution >= 0.6 is 11.3 Å². The summed E-state index contributed by atoms with van der Waals surface area (Å²) in [5.74, 6) is -1.13. The number of hydrogen-bond donors (Lipinski definition) is 2. The van der Waals surface area contributed by atoms with Gasteiger partial charge >= 0.3 is 5.97 Å². The summed E-state index contributed by atoms with van der Waals surface area (Å²) in [5.41, 5.74) is 0.581. The first kappa shape index (κ1) is 17.9. The highest BCUT2D eigenvalue weighted by molar-refractivity contribution is 7.09. The molecule has 0 aliphatic carbocycles. The number of carbonyl (C=O) groups excluding carboxylic acids is 1. The van der Waals surface area contributed by atoms with Gasteiger partial charge in [-0.2, -0.15) is 0 Å². The van der Waals surface area contributed by atoms with Gasteiger partial charge < -0.3 is 19.9 Å². The lowest BCUT2D eigenvalue weighted by atomic mass is 10.2. The molecule has 1 aromatic carbocycles. The number of amides is 1. The van der Waals surface area contributed by atoms with Crippen molar-refractivity contribution < 1.29 is 24.2 Å². The molecule has 8 heteroatoms. The normalized spacial score (nSPS) is 10.7. The second kappa shape index (κ2) is 7.89. The van der Waals surface area contributed by atoms with Crippen molar-refractivity contribution in [2.24, 2.45) is 0 Å². The smallest absolute Gasteiger partial charge is 0.335 e. The number of carboxylic acid groups (broad SMARTS) is 1. The number of anilines is 1. The minimum atomic E-state index is -1.09. The van der Waals surface area contributed by atoms with Crippen LogP contribution in [0.2, 0.25) is 0 Å². The van der Waals surface area contributed by atoms with Crippen LogP contribution in [0, 0.1) is 0 Å². The quantitative estimate of drug-likeness (QED) is 0.796. The molecule has 0 aliphatic heterocycles. The van der Waals surface area contributed by atoms with Crippen LogP contribution in [-0.4, -0.2) is 35.2 Å². The Bertz CT molecular complexity index is 742. The maximum atomic E-state index is 12.3. The number of carboxylic acids is 1. The van der Waals surface area contributed by atoms with Gasteiger partial charge in [-0.25, -0.2) is 9.78 Å². The second-order valence-corrected chi connectivity index (χ2v) is 6.14. The number of benzene rings is 1. The van der Waals surface area contributed by atoms with E-state index in [-0.39, 0.29) is 23.0 Å². The molecule has 1 heterocycles. The summed E-state index contributed by atoms with van der Waals surface area (Å²) in [6.07, 6.45) is -0.121. The van der Waals surface area contributed by atoms with Crippen LogP contribution < -0.4 is 10.1 Å². The van der Waals surface area contributed by atoms with E-state index in [9.17, 15) is 9.59 Å². The maximum Gasteiger partial charge on any atom is 0.335 e. The van der Waals surface area contributed by atoms with E-state index in [0.29, 0.717) is 17.4 Å². The Hall–Kier alpha value is -2.45. The lowest BCUT2D eigenvalue weighted by Crippen LogP contribution is -2.15. The van der Waals surface area contributed by atoms with Crippen molar-refractivity contribution in [3.8, 4) is 5.75 Å². The molecule has 2 N–H and O–H groups in total. The lowest BCUT2D eigenvalue weighted by molar-refractivity contribution is 0.0696.